The predicted octanol–water partition coefficient (Wildman–Crippen LogP) is 4.98. The van der Waals surface area contributed by atoms with Crippen LogP contribution in [0.4, 0.5) is 5.69 Å². The number of nitrogens with one attached hydrogen (secondary N) is 1. The van der Waals surface area contributed by atoms with Crippen molar-refractivity contribution in [2.24, 2.45) is 0 Å². The molecule has 156 valence electrons. The summed E-state index contributed by atoms with van der Waals surface area (Å²) in [4.78, 5) is 24.1. The summed E-state index contributed by atoms with van der Waals surface area (Å²) in [7, 11) is 0. The number of anilines is 1. The van der Waals surface area contributed by atoms with Crippen LogP contribution in [0, 0.1) is 0 Å². The zero-order chi connectivity index (χ0) is 21.6. The van der Waals surface area contributed by atoms with Crippen LogP contribution in [0.2, 0.25) is 0 Å². The predicted molar refractivity (Wildman–Crippen MR) is 113 cm³/mol. The molecule has 7 nitrogen and oxygen atoms in total. The highest BCUT2D eigenvalue weighted by atomic mass is 16.7. The van der Waals surface area contributed by atoms with Crippen LogP contribution in [0.25, 0.3) is 0 Å². The fourth-order valence-corrected chi connectivity index (χ4v) is 3.08. The van der Waals surface area contributed by atoms with Crippen molar-refractivity contribution in [3.8, 4) is 5.75 Å². The lowest BCUT2D eigenvalue weighted by Crippen LogP contribution is -2.15. The lowest BCUT2D eigenvalue weighted by atomic mass is 10.0. The lowest BCUT2D eigenvalue weighted by Gasteiger charge is -2.19. The SMILES string of the molecule is O=C(Nc1cc(OC2=COC=C(C3=CC=CCC3)O2)ccc1C(=O)O)c1ccccc1. The summed E-state index contributed by atoms with van der Waals surface area (Å²) >= 11 is 0. The molecule has 1 heterocycles. The maximum absolute atomic E-state index is 12.5. The van der Waals surface area contributed by atoms with Crippen LogP contribution in [0.3, 0.4) is 0 Å². The van der Waals surface area contributed by atoms with Gasteiger partial charge in [0.25, 0.3) is 5.91 Å². The van der Waals surface area contributed by atoms with Gasteiger partial charge in [-0.05, 0) is 42.7 Å². The molecule has 0 aromatic heterocycles. The number of carbonyl (C=O) groups excluding carboxylic acids is 1. The molecule has 7 heteroatoms. The van der Waals surface area contributed by atoms with Gasteiger partial charge in [0.1, 0.15) is 12.0 Å². The Kier molecular flexibility index (Phi) is 5.84. The van der Waals surface area contributed by atoms with E-state index in [1.54, 1.807) is 30.3 Å². The van der Waals surface area contributed by atoms with Gasteiger partial charge in [0.2, 0.25) is 0 Å². The Morgan fingerprint density at radius 3 is 2.65 bits per heavy atom. The molecular weight excluding hydrogens is 398 g/mol. The summed E-state index contributed by atoms with van der Waals surface area (Å²) in [5.41, 5.74) is 1.42. The minimum absolute atomic E-state index is 0.0637. The third-order valence-electron chi connectivity index (χ3n) is 4.60. The Balaban J connectivity index is 1.51. The molecule has 0 spiro atoms. The minimum atomic E-state index is -1.17. The summed E-state index contributed by atoms with van der Waals surface area (Å²) in [6.07, 6.45) is 10.5. The van der Waals surface area contributed by atoms with Crippen molar-refractivity contribution in [3.05, 3.63) is 108 Å². The molecule has 2 aromatic carbocycles. The first-order valence-electron chi connectivity index (χ1n) is 9.61. The number of carboxylic acid groups (broad SMARTS) is 1. The highest BCUT2D eigenvalue weighted by molar-refractivity contribution is 6.07. The molecule has 2 aliphatic rings. The maximum atomic E-state index is 12.5. The molecule has 0 radical (unpaired) electrons. The van der Waals surface area contributed by atoms with Crippen molar-refractivity contribution in [1.29, 1.82) is 0 Å². The van der Waals surface area contributed by atoms with Crippen molar-refractivity contribution < 1.29 is 28.9 Å². The quantitative estimate of drug-likeness (QED) is 0.689. The molecule has 1 amide bonds. The fourth-order valence-electron chi connectivity index (χ4n) is 3.08. The van der Waals surface area contributed by atoms with E-state index in [1.807, 2.05) is 12.2 Å². The van der Waals surface area contributed by atoms with E-state index in [1.165, 1.54) is 30.7 Å². The zero-order valence-corrected chi connectivity index (χ0v) is 16.4. The van der Waals surface area contributed by atoms with Gasteiger partial charge in [-0.3, -0.25) is 4.79 Å². The van der Waals surface area contributed by atoms with Gasteiger partial charge in [-0.2, -0.15) is 0 Å². The molecule has 0 fully saturated rings. The first kappa shape index (κ1) is 20.0. The average Bonchev–Trinajstić information content (AvgIpc) is 2.80. The van der Waals surface area contributed by atoms with Crippen LogP contribution < -0.4 is 10.1 Å². The summed E-state index contributed by atoms with van der Waals surface area (Å²) in [5.74, 6) is -0.687. The number of aromatic carboxylic acids is 1. The summed E-state index contributed by atoms with van der Waals surface area (Å²) in [6, 6.07) is 12.8. The molecule has 4 rings (SSSR count). The summed E-state index contributed by atoms with van der Waals surface area (Å²) in [5, 5.41) is 12.1. The topological polar surface area (TPSA) is 94.1 Å². The summed E-state index contributed by atoms with van der Waals surface area (Å²) < 4.78 is 16.8. The molecule has 0 atom stereocenters. The molecule has 0 bridgehead atoms. The normalized spacial score (nSPS) is 14.9. The minimum Gasteiger partial charge on any atom is -0.478 e. The monoisotopic (exact) mass is 417 g/mol. The van der Waals surface area contributed by atoms with E-state index in [9.17, 15) is 14.7 Å². The molecule has 2 aromatic rings. The van der Waals surface area contributed by atoms with Crippen molar-refractivity contribution >= 4 is 17.6 Å². The number of hydrogen-bond acceptors (Lipinski definition) is 5. The third kappa shape index (κ3) is 4.84. The number of allylic oxidation sites excluding steroid dienone is 4. The number of rotatable bonds is 6. The van der Waals surface area contributed by atoms with E-state index in [-0.39, 0.29) is 22.9 Å². The Bertz CT molecular complexity index is 1130. The lowest BCUT2D eigenvalue weighted by molar-refractivity contribution is 0.0698. The highest BCUT2D eigenvalue weighted by Gasteiger charge is 2.19. The van der Waals surface area contributed by atoms with E-state index in [4.69, 9.17) is 14.2 Å². The second-order valence-corrected chi connectivity index (χ2v) is 6.75. The van der Waals surface area contributed by atoms with E-state index in [2.05, 4.69) is 11.4 Å². The van der Waals surface area contributed by atoms with Gasteiger partial charge < -0.3 is 24.6 Å². The second kappa shape index (κ2) is 9.04. The number of carbonyl (C=O) groups is 2. The van der Waals surface area contributed by atoms with Gasteiger partial charge in [0.05, 0.1) is 11.3 Å². The largest absolute Gasteiger partial charge is 0.478 e. The molecule has 1 aliphatic carbocycles. The molecule has 31 heavy (non-hydrogen) atoms. The van der Waals surface area contributed by atoms with Crippen molar-refractivity contribution in [2.45, 2.75) is 12.8 Å². The molecule has 2 N–H and O–H groups in total. The Morgan fingerprint density at radius 1 is 1.06 bits per heavy atom. The van der Waals surface area contributed by atoms with Gasteiger partial charge >= 0.3 is 11.9 Å². The maximum Gasteiger partial charge on any atom is 0.337 e. The van der Waals surface area contributed by atoms with E-state index < -0.39 is 11.9 Å². The van der Waals surface area contributed by atoms with Crippen LogP contribution in [0.5, 0.6) is 5.75 Å². The van der Waals surface area contributed by atoms with Crippen LogP contribution in [0.1, 0.15) is 33.6 Å². The average molecular weight is 417 g/mol. The third-order valence-corrected chi connectivity index (χ3v) is 4.60. The molecular formula is C24H19NO6. The van der Waals surface area contributed by atoms with Crippen LogP contribution in [0.15, 0.2) is 96.6 Å². The smallest absolute Gasteiger partial charge is 0.337 e. The molecule has 0 saturated carbocycles. The Hall–Kier alpha value is -4.26. The zero-order valence-electron chi connectivity index (χ0n) is 16.4. The van der Waals surface area contributed by atoms with Crippen molar-refractivity contribution in [1.82, 2.24) is 0 Å². The number of hydrogen-bond donors (Lipinski definition) is 2. The summed E-state index contributed by atoms with van der Waals surface area (Å²) in [6.45, 7) is 0. The number of benzene rings is 2. The van der Waals surface area contributed by atoms with Gasteiger partial charge in [0, 0.05) is 11.6 Å². The Labute approximate surface area is 178 Å². The molecule has 1 aliphatic heterocycles. The van der Waals surface area contributed by atoms with Crippen LogP contribution >= 0.6 is 0 Å². The number of amides is 1. The number of ether oxygens (including phenoxy) is 3. The first-order chi connectivity index (χ1) is 15.1. The van der Waals surface area contributed by atoms with E-state index in [0.29, 0.717) is 11.3 Å². The van der Waals surface area contributed by atoms with Crippen molar-refractivity contribution in [3.63, 3.8) is 0 Å². The van der Waals surface area contributed by atoms with Gasteiger partial charge in [-0.15, -0.1) is 0 Å². The molecule has 0 unspecified atom stereocenters. The van der Waals surface area contributed by atoms with Gasteiger partial charge in [-0.25, -0.2) is 4.79 Å². The van der Waals surface area contributed by atoms with Crippen molar-refractivity contribution in [2.75, 3.05) is 5.32 Å². The van der Waals surface area contributed by atoms with Crippen LogP contribution in [-0.2, 0) is 9.47 Å². The van der Waals surface area contributed by atoms with Gasteiger partial charge in [0.15, 0.2) is 12.0 Å². The fraction of sp³-hybridized carbons (Fsp3) is 0.0833. The van der Waals surface area contributed by atoms with E-state index in [0.717, 1.165) is 18.4 Å². The first-order valence-corrected chi connectivity index (χ1v) is 9.61. The standard InChI is InChI=1S/C24H19NO6/c26-23(17-9-5-2-6-10-17)25-20-13-18(11-12-19(20)24(27)28)30-22-15-29-14-21(31-22)16-7-3-1-4-8-16/h1-3,5-7,9-15H,4,8H2,(H,25,26)(H,27,28). The second-order valence-electron chi connectivity index (χ2n) is 6.75. The van der Waals surface area contributed by atoms with Crippen LogP contribution in [-0.4, -0.2) is 17.0 Å². The highest BCUT2D eigenvalue weighted by Crippen LogP contribution is 2.29. The van der Waals surface area contributed by atoms with Gasteiger partial charge in [-0.1, -0.05) is 36.4 Å². The van der Waals surface area contributed by atoms with E-state index >= 15 is 0 Å². The Morgan fingerprint density at radius 2 is 1.90 bits per heavy atom. The molecule has 0 saturated heterocycles. The number of carboxylic acids is 1.